The van der Waals surface area contributed by atoms with Crippen molar-refractivity contribution in [3.8, 4) is 0 Å². The van der Waals surface area contributed by atoms with Crippen molar-refractivity contribution in [3.05, 3.63) is 10.6 Å². The summed E-state index contributed by atoms with van der Waals surface area (Å²) in [7, 11) is 0. The van der Waals surface area contributed by atoms with E-state index in [0.717, 1.165) is 34.5 Å². The Morgan fingerprint density at radius 2 is 2.15 bits per heavy atom. The molecule has 0 atom stereocenters. The summed E-state index contributed by atoms with van der Waals surface area (Å²) >= 11 is 1.70. The van der Waals surface area contributed by atoms with Crippen molar-refractivity contribution >= 4 is 27.3 Å². The quantitative estimate of drug-likeness (QED) is 0.803. The van der Waals surface area contributed by atoms with Crippen molar-refractivity contribution in [1.29, 1.82) is 0 Å². The largest absolute Gasteiger partial charge is 0.395 e. The highest BCUT2D eigenvalue weighted by molar-refractivity contribution is 7.19. The zero-order chi connectivity index (χ0) is 9.42. The molecule has 0 fully saturated rings. The van der Waals surface area contributed by atoms with E-state index in [2.05, 4.69) is 19.0 Å². The van der Waals surface area contributed by atoms with Gasteiger partial charge in [0.2, 0.25) is 5.58 Å². The van der Waals surface area contributed by atoms with E-state index in [-0.39, 0.29) is 0 Å². The number of fused-ring (bicyclic) bond motifs is 1. The van der Waals surface area contributed by atoms with Crippen LogP contribution in [0.15, 0.2) is 4.52 Å². The molecule has 0 aliphatic rings. The molecule has 2 heterocycles. The van der Waals surface area contributed by atoms with Crippen LogP contribution >= 0.6 is 11.3 Å². The van der Waals surface area contributed by atoms with Gasteiger partial charge in [0.25, 0.3) is 0 Å². The summed E-state index contributed by atoms with van der Waals surface area (Å²) < 4.78 is 6.31. The van der Waals surface area contributed by atoms with E-state index < -0.39 is 0 Å². The normalized spacial score (nSPS) is 11.2. The summed E-state index contributed by atoms with van der Waals surface area (Å²) in [6, 6.07) is 0. The van der Waals surface area contributed by atoms with Gasteiger partial charge in [0.05, 0.1) is 10.4 Å². The fraction of sp³-hybridized carbons (Fsp3) is 0.444. The first-order valence-electron chi connectivity index (χ1n) is 4.43. The maximum Gasteiger partial charge on any atom is 0.201 e. The number of rotatable bonds is 2. The van der Waals surface area contributed by atoms with Crippen molar-refractivity contribution in [1.82, 2.24) is 5.16 Å². The third-order valence-electron chi connectivity index (χ3n) is 2.14. The molecule has 2 aromatic rings. The molecule has 0 saturated carbocycles. The topological polar surface area (TPSA) is 52.0 Å². The molecule has 0 bridgehead atoms. The van der Waals surface area contributed by atoms with Crippen LogP contribution in [0, 0.1) is 0 Å². The molecule has 2 rings (SSSR count). The number of hydrogen-bond acceptors (Lipinski definition) is 4. The average Bonchev–Trinajstić information content (AvgIpc) is 2.66. The number of thiophene rings is 1. The lowest BCUT2D eigenvalue weighted by Gasteiger charge is -1.89. The summed E-state index contributed by atoms with van der Waals surface area (Å²) in [4.78, 5) is 1.20. The van der Waals surface area contributed by atoms with Crippen LogP contribution in [0.3, 0.4) is 0 Å². The maximum atomic E-state index is 5.89. The van der Waals surface area contributed by atoms with E-state index in [1.54, 1.807) is 11.3 Å². The highest BCUT2D eigenvalue weighted by Crippen LogP contribution is 2.36. The Morgan fingerprint density at radius 1 is 1.38 bits per heavy atom. The summed E-state index contributed by atoms with van der Waals surface area (Å²) in [6.07, 6.45) is 1.86. The Balaban J connectivity index is 2.70. The minimum absolute atomic E-state index is 0.773. The van der Waals surface area contributed by atoms with Gasteiger partial charge in [0.1, 0.15) is 5.69 Å². The Bertz CT molecular complexity index is 430. The standard InChI is InChI=1S/C9H12N2OS/c1-3-5-9-8(12-11-5)7(10)6(4-2)13-9/h3-4,10H2,1-2H3. The molecule has 0 amide bonds. The Kier molecular flexibility index (Phi) is 2.00. The van der Waals surface area contributed by atoms with Crippen LogP contribution in [0.4, 0.5) is 5.69 Å². The van der Waals surface area contributed by atoms with Crippen LogP contribution in [-0.4, -0.2) is 5.16 Å². The summed E-state index contributed by atoms with van der Waals surface area (Å²) in [5, 5.41) is 3.97. The number of nitrogens with two attached hydrogens (primary N) is 1. The van der Waals surface area contributed by atoms with Crippen LogP contribution in [0.5, 0.6) is 0 Å². The lowest BCUT2D eigenvalue weighted by Crippen LogP contribution is -1.85. The highest BCUT2D eigenvalue weighted by Gasteiger charge is 2.15. The second-order valence-corrected chi connectivity index (χ2v) is 4.04. The number of hydrogen-bond donors (Lipinski definition) is 1. The van der Waals surface area contributed by atoms with Gasteiger partial charge in [-0.3, -0.25) is 0 Å². The molecule has 0 aromatic carbocycles. The minimum Gasteiger partial charge on any atom is -0.395 e. The second kappa shape index (κ2) is 3.03. The zero-order valence-electron chi connectivity index (χ0n) is 7.76. The Hall–Kier alpha value is -1.03. The summed E-state index contributed by atoms with van der Waals surface area (Å²) in [6.45, 7) is 4.17. The van der Waals surface area contributed by atoms with Gasteiger partial charge in [0, 0.05) is 4.88 Å². The van der Waals surface area contributed by atoms with Gasteiger partial charge in [-0.2, -0.15) is 0 Å². The van der Waals surface area contributed by atoms with Gasteiger partial charge >= 0.3 is 0 Å². The predicted octanol–water partition coefficient (Wildman–Crippen LogP) is 2.60. The SMILES string of the molecule is CCc1sc2c(CC)noc2c1N. The van der Waals surface area contributed by atoms with Crippen molar-refractivity contribution < 1.29 is 4.52 Å². The van der Waals surface area contributed by atoms with Crippen LogP contribution in [0.1, 0.15) is 24.4 Å². The number of anilines is 1. The molecule has 0 unspecified atom stereocenters. The molecule has 0 spiro atoms. The van der Waals surface area contributed by atoms with Crippen molar-refractivity contribution in [2.75, 3.05) is 5.73 Å². The molecular weight excluding hydrogens is 184 g/mol. The Labute approximate surface area is 80.5 Å². The van der Waals surface area contributed by atoms with Gasteiger partial charge < -0.3 is 10.3 Å². The first-order valence-corrected chi connectivity index (χ1v) is 5.25. The number of nitrogens with zero attached hydrogens (tertiary/aromatic N) is 1. The predicted molar refractivity (Wildman–Crippen MR) is 55.1 cm³/mol. The summed E-state index contributed by atoms with van der Waals surface area (Å²) in [5.74, 6) is 0. The van der Waals surface area contributed by atoms with Crippen molar-refractivity contribution in [2.24, 2.45) is 0 Å². The highest BCUT2D eigenvalue weighted by atomic mass is 32.1. The van der Waals surface area contributed by atoms with Gasteiger partial charge in [-0.15, -0.1) is 11.3 Å². The number of aromatic nitrogens is 1. The van der Waals surface area contributed by atoms with Gasteiger partial charge in [-0.1, -0.05) is 19.0 Å². The smallest absolute Gasteiger partial charge is 0.201 e. The molecule has 0 radical (unpaired) electrons. The van der Waals surface area contributed by atoms with Crippen LogP contribution in [-0.2, 0) is 12.8 Å². The lowest BCUT2D eigenvalue weighted by atomic mass is 10.3. The van der Waals surface area contributed by atoms with E-state index in [1.165, 1.54) is 4.88 Å². The monoisotopic (exact) mass is 196 g/mol. The third-order valence-corrected chi connectivity index (χ3v) is 3.52. The maximum absolute atomic E-state index is 5.89. The average molecular weight is 196 g/mol. The molecule has 4 heteroatoms. The van der Waals surface area contributed by atoms with Crippen molar-refractivity contribution in [3.63, 3.8) is 0 Å². The molecule has 0 saturated heterocycles. The fourth-order valence-electron chi connectivity index (χ4n) is 1.38. The van der Waals surface area contributed by atoms with E-state index in [9.17, 15) is 0 Å². The van der Waals surface area contributed by atoms with Crippen molar-refractivity contribution in [2.45, 2.75) is 26.7 Å². The second-order valence-electron chi connectivity index (χ2n) is 2.93. The first kappa shape index (κ1) is 8.56. The van der Waals surface area contributed by atoms with E-state index in [0.29, 0.717) is 0 Å². The molecule has 2 N–H and O–H groups in total. The minimum atomic E-state index is 0.773. The fourth-order valence-corrected chi connectivity index (χ4v) is 2.52. The zero-order valence-corrected chi connectivity index (χ0v) is 8.57. The van der Waals surface area contributed by atoms with E-state index in [1.807, 2.05) is 0 Å². The Morgan fingerprint density at radius 3 is 2.77 bits per heavy atom. The van der Waals surface area contributed by atoms with Gasteiger partial charge in [0.15, 0.2) is 0 Å². The molecule has 0 aliphatic carbocycles. The molecule has 3 nitrogen and oxygen atoms in total. The van der Waals surface area contributed by atoms with Crippen LogP contribution in [0.25, 0.3) is 10.3 Å². The van der Waals surface area contributed by atoms with Crippen LogP contribution in [0.2, 0.25) is 0 Å². The molecule has 0 aliphatic heterocycles. The molecule has 70 valence electrons. The number of nitrogen functional groups attached to an aromatic ring is 1. The molecular formula is C9H12N2OS. The van der Waals surface area contributed by atoms with Gasteiger partial charge in [-0.25, -0.2) is 0 Å². The molecule has 13 heavy (non-hydrogen) atoms. The third kappa shape index (κ3) is 1.13. The number of aryl methyl sites for hydroxylation is 2. The lowest BCUT2D eigenvalue weighted by molar-refractivity contribution is 0.448. The molecule has 2 aromatic heterocycles. The first-order chi connectivity index (χ1) is 6.27. The van der Waals surface area contributed by atoms with Gasteiger partial charge in [-0.05, 0) is 12.8 Å². The van der Waals surface area contributed by atoms with E-state index >= 15 is 0 Å². The van der Waals surface area contributed by atoms with Crippen LogP contribution < -0.4 is 5.73 Å². The summed E-state index contributed by atoms with van der Waals surface area (Å²) in [5.41, 5.74) is 8.46. The van der Waals surface area contributed by atoms with E-state index in [4.69, 9.17) is 10.3 Å².